The molecule has 1 aromatic carbocycles. The van der Waals surface area contributed by atoms with Gasteiger partial charge in [-0.2, -0.15) is 0 Å². The monoisotopic (exact) mass is 297 g/mol. The molecule has 1 aliphatic rings. The summed E-state index contributed by atoms with van der Waals surface area (Å²) in [5.41, 5.74) is 7.87. The number of halogens is 1. The minimum absolute atomic E-state index is 0.135. The zero-order valence-electron chi connectivity index (χ0n) is 9.58. The Kier molecular flexibility index (Phi) is 4.02. The van der Waals surface area contributed by atoms with Crippen molar-refractivity contribution in [3.05, 3.63) is 28.2 Å². The Morgan fingerprint density at radius 2 is 2.24 bits per heavy atom. The van der Waals surface area contributed by atoms with Crippen molar-refractivity contribution in [1.82, 2.24) is 10.2 Å². The minimum atomic E-state index is 0.135. The van der Waals surface area contributed by atoms with E-state index in [1.807, 2.05) is 18.2 Å². The second-order valence-corrected chi connectivity index (χ2v) is 5.13. The van der Waals surface area contributed by atoms with Crippen molar-refractivity contribution < 1.29 is 4.79 Å². The van der Waals surface area contributed by atoms with Crippen molar-refractivity contribution in [3.63, 3.8) is 0 Å². The fourth-order valence-electron chi connectivity index (χ4n) is 1.92. The van der Waals surface area contributed by atoms with Gasteiger partial charge in [-0.3, -0.25) is 9.69 Å². The van der Waals surface area contributed by atoms with Gasteiger partial charge in [0.1, 0.15) is 0 Å². The molecule has 5 heteroatoms. The second-order valence-electron chi connectivity index (χ2n) is 4.22. The van der Waals surface area contributed by atoms with Gasteiger partial charge in [0.2, 0.25) is 5.91 Å². The van der Waals surface area contributed by atoms with E-state index in [0.29, 0.717) is 6.42 Å². The lowest BCUT2D eigenvalue weighted by atomic mass is 10.1. The average molecular weight is 298 g/mol. The molecule has 1 heterocycles. The quantitative estimate of drug-likeness (QED) is 0.810. The molecule has 0 bridgehead atoms. The highest BCUT2D eigenvalue weighted by Gasteiger charge is 2.14. The van der Waals surface area contributed by atoms with Crippen LogP contribution in [0.25, 0.3) is 0 Å². The van der Waals surface area contributed by atoms with Gasteiger partial charge in [0, 0.05) is 42.8 Å². The zero-order chi connectivity index (χ0) is 12.3. The number of benzene rings is 1. The first-order valence-corrected chi connectivity index (χ1v) is 6.47. The number of nitrogens with zero attached hydrogens (tertiary/aromatic N) is 1. The van der Waals surface area contributed by atoms with Gasteiger partial charge in [0.05, 0.1) is 0 Å². The Balaban J connectivity index is 2.02. The van der Waals surface area contributed by atoms with E-state index in [0.717, 1.165) is 41.9 Å². The average Bonchev–Trinajstić information content (AvgIpc) is 2.48. The van der Waals surface area contributed by atoms with E-state index < -0.39 is 0 Å². The van der Waals surface area contributed by atoms with Gasteiger partial charge in [-0.15, -0.1) is 0 Å². The third-order valence-corrected chi connectivity index (χ3v) is 3.40. The molecule has 2 rings (SSSR count). The maximum atomic E-state index is 11.2. The van der Waals surface area contributed by atoms with E-state index in [9.17, 15) is 4.79 Å². The predicted molar refractivity (Wildman–Crippen MR) is 71.5 cm³/mol. The largest absolute Gasteiger partial charge is 0.398 e. The number of nitrogen functional groups attached to an aromatic ring is 1. The zero-order valence-corrected chi connectivity index (χ0v) is 11.2. The van der Waals surface area contributed by atoms with Crippen LogP contribution in [0.5, 0.6) is 0 Å². The van der Waals surface area contributed by atoms with Crippen LogP contribution in [0.1, 0.15) is 12.0 Å². The molecule has 1 saturated heterocycles. The van der Waals surface area contributed by atoms with Crippen LogP contribution in [-0.4, -0.2) is 30.4 Å². The first-order chi connectivity index (χ1) is 8.15. The van der Waals surface area contributed by atoms with E-state index in [1.165, 1.54) is 0 Å². The number of anilines is 1. The molecule has 0 spiro atoms. The smallest absolute Gasteiger partial charge is 0.221 e. The first kappa shape index (κ1) is 12.4. The van der Waals surface area contributed by atoms with Crippen molar-refractivity contribution in [3.8, 4) is 0 Å². The normalized spacial score (nSPS) is 17.6. The van der Waals surface area contributed by atoms with Crippen molar-refractivity contribution >= 4 is 27.5 Å². The number of hydrogen-bond donors (Lipinski definition) is 2. The van der Waals surface area contributed by atoms with E-state index in [2.05, 4.69) is 26.1 Å². The number of hydrogen-bond acceptors (Lipinski definition) is 3. The molecule has 92 valence electrons. The molecule has 4 nitrogen and oxygen atoms in total. The first-order valence-electron chi connectivity index (χ1n) is 5.68. The lowest BCUT2D eigenvalue weighted by Gasteiger charge is -2.20. The molecule has 0 aromatic heterocycles. The third kappa shape index (κ3) is 3.44. The van der Waals surface area contributed by atoms with Gasteiger partial charge < -0.3 is 11.1 Å². The van der Waals surface area contributed by atoms with Crippen molar-refractivity contribution in [2.24, 2.45) is 0 Å². The van der Waals surface area contributed by atoms with Crippen molar-refractivity contribution in [2.45, 2.75) is 13.0 Å². The summed E-state index contributed by atoms with van der Waals surface area (Å²) < 4.78 is 0.992. The number of amides is 1. The molecule has 1 amide bonds. The van der Waals surface area contributed by atoms with E-state index >= 15 is 0 Å². The summed E-state index contributed by atoms with van der Waals surface area (Å²) in [7, 11) is 0. The summed E-state index contributed by atoms with van der Waals surface area (Å²) in [5, 5.41) is 2.86. The van der Waals surface area contributed by atoms with Crippen LogP contribution in [0.3, 0.4) is 0 Å². The summed E-state index contributed by atoms with van der Waals surface area (Å²) in [5.74, 6) is 0.135. The van der Waals surface area contributed by atoms with Gasteiger partial charge in [0.25, 0.3) is 0 Å². The van der Waals surface area contributed by atoms with Gasteiger partial charge in [0.15, 0.2) is 0 Å². The molecule has 0 radical (unpaired) electrons. The Morgan fingerprint density at radius 1 is 1.41 bits per heavy atom. The molecule has 1 aliphatic heterocycles. The van der Waals surface area contributed by atoms with Crippen LogP contribution >= 0.6 is 15.9 Å². The highest BCUT2D eigenvalue weighted by atomic mass is 79.9. The summed E-state index contributed by atoms with van der Waals surface area (Å²) >= 11 is 3.39. The summed E-state index contributed by atoms with van der Waals surface area (Å²) in [4.78, 5) is 13.5. The molecule has 0 aliphatic carbocycles. The standard InChI is InChI=1S/C12H16BrN3O/c13-10-2-1-9(11(14)7-10)8-16-5-3-12(17)15-4-6-16/h1-2,7H,3-6,8,14H2,(H,15,17). The number of carbonyl (C=O) groups excluding carboxylic acids is 1. The predicted octanol–water partition coefficient (Wildman–Crippen LogP) is 1.35. The van der Waals surface area contributed by atoms with Crippen LogP contribution < -0.4 is 11.1 Å². The Labute approximate surface area is 109 Å². The maximum Gasteiger partial charge on any atom is 0.221 e. The topological polar surface area (TPSA) is 58.4 Å². The molecule has 0 saturated carbocycles. The highest BCUT2D eigenvalue weighted by molar-refractivity contribution is 9.10. The SMILES string of the molecule is Nc1cc(Br)ccc1CN1CCNC(=O)CC1. The molecule has 17 heavy (non-hydrogen) atoms. The molecule has 1 aromatic rings. The Morgan fingerprint density at radius 3 is 3.00 bits per heavy atom. The summed E-state index contributed by atoms with van der Waals surface area (Å²) in [6.07, 6.45) is 0.566. The fraction of sp³-hybridized carbons (Fsp3) is 0.417. The molecular formula is C12H16BrN3O. The van der Waals surface area contributed by atoms with Crippen molar-refractivity contribution in [1.29, 1.82) is 0 Å². The van der Waals surface area contributed by atoms with Crippen LogP contribution in [-0.2, 0) is 11.3 Å². The Hall–Kier alpha value is -1.07. The van der Waals surface area contributed by atoms with Crippen LogP contribution in [0.15, 0.2) is 22.7 Å². The van der Waals surface area contributed by atoms with Gasteiger partial charge >= 0.3 is 0 Å². The molecule has 0 unspecified atom stereocenters. The van der Waals surface area contributed by atoms with Gasteiger partial charge in [-0.05, 0) is 17.7 Å². The number of nitrogens with one attached hydrogen (secondary N) is 1. The fourth-order valence-corrected chi connectivity index (χ4v) is 2.30. The van der Waals surface area contributed by atoms with Crippen LogP contribution in [0.2, 0.25) is 0 Å². The van der Waals surface area contributed by atoms with E-state index in [-0.39, 0.29) is 5.91 Å². The van der Waals surface area contributed by atoms with Crippen LogP contribution in [0, 0.1) is 0 Å². The minimum Gasteiger partial charge on any atom is -0.398 e. The third-order valence-electron chi connectivity index (χ3n) is 2.91. The highest BCUT2D eigenvalue weighted by Crippen LogP contribution is 2.20. The summed E-state index contributed by atoms with van der Waals surface area (Å²) in [6.45, 7) is 3.19. The van der Waals surface area contributed by atoms with E-state index in [1.54, 1.807) is 0 Å². The molecule has 1 fully saturated rings. The molecular weight excluding hydrogens is 282 g/mol. The lowest BCUT2D eigenvalue weighted by molar-refractivity contribution is -0.120. The lowest BCUT2D eigenvalue weighted by Crippen LogP contribution is -2.28. The molecule has 0 atom stereocenters. The molecule has 3 N–H and O–H groups in total. The number of rotatable bonds is 2. The number of nitrogens with two attached hydrogens (primary N) is 1. The second kappa shape index (κ2) is 5.51. The van der Waals surface area contributed by atoms with Gasteiger partial charge in [-0.25, -0.2) is 0 Å². The van der Waals surface area contributed by atoms with Gasteiger partial charge in [-0.1, -0.05) is 22.0 Å². The number of carbonyl (C=O) groups is 1. The Bertz CT molecular complexity index is 422. The van der Waals surface area contributed by atoms with Crippen LogP contribution in [0.4, 0.5) is 5.69 Å². The van der Waals surface area contributed by atoms with Crippen molar-refractivity contribution in [2.75, 3.05) is 25.4 Å². The summed E-state index contributed by atoms with van der Waals surface area (Å²) in [6, 6.07) is 5.93. The van der Waals surface area contributed by atoms with E-state index in [4.69, 9.17) is 5.73 Å². The maximum absolute atomic E-state index is 11.2.